The van der Waals surface area contributed by atoms with E-state index >= 15 is 0 Å². The van der Waals surface area contributed by atoms with Crippen molar-refractivity contribution >= 4 is 23.1 Å². The smallest absolute Gasteiger partial charge is 0.247 e. The third-order valence-corrected chi connectivity index (χ3v) is 4.73. The molecule has 7 heteroatoms. The predicted molar refractivity (Wildman–Crippen MR) is 101 cm³/mol. The molecule has 0 radical (unpaired) electrons. The highest BCUT2D eigenvalue weighted by atomic mass is 16.5. The van der Waals surface area contributed by atoms with E-state index < -0.39 is 0 Å². The molecule has 2 aromatic heterocycles. The van der Waals surface area contributed by atoms with Crippen molar-refractivity contribution in [2.24, 2.45) is 0 Å². The lowest BCUT2D eigenvalue weighted by molar-refractivity contribution is 0.126. The fourth-order valence-corrected chi connectivity index (χ4v) is 3.33. The number of pyridine rings is 1. The first-order chi connectivity index (χ1) is 12.7. The molecule has 1 fully saturated rings. The number of aliphatic hydroxyl groups excluding tert-OH is 1. The molecule has 0 saturated heterocycles. The molecule has 7 nitrogen and oxygen atoms in total. The second-order valence-electron chi connectivity index (χ2n) is 6.62. The molecule has 1 aliphatic rings. The summed E-state index contributed by atoms with van der Waals surface area (Å²) in [6.07, 6.45) is 3.44. The Morgan fingerprint density at radius 2 is 1.92 bits per heavy atom. The number of nitrogens with one attached hydrogen (secondary N) is 2. The van der Waals surface area contributed by atoms with Crippen LogP contribution < -0.4 is 15.4 Å². The number of methoxy groups -OCH3 is 1. The molecular weight excluding hydrogens is 330 g/mol. The van der Waals surface area contributed by atoms with Gasteiger partial charge >= 0.3 is 0 Å². The molecule has 1 saturated carbocycles. The Labute approximate surface area is 152 Å². The van der Waals surface area contributed by atoms with Crippen LogP contribution in [0.3, 0.4) is 0 Å². The zero-order valence-corrected chi connectivity index (χ0v) is 14.7. The van der Waals surface area contributed by atoms with Crippen molar-refractivity contribution in [3.63, 3.8) is 0 Å². The van der Waals surface area contributed by atoms with Crippen LogP contribution in [-0.4, -0.2) is 39.0 Å². The molecule has 1 aromatic carbocycles. The SMILES string of the molecule is COc1cccc(Nc2nc3cccc(NC4CCC(O)CC4)n3n2)c1. The van der Waals surface area contributed by atoms with Crippen molar-refractivity contribution < 1.29 is 9.84 Å². The van der Waals surface area contributed by atoms with E-state index in [4.69, 9.17) is 4.74 Å². The molecule has 3 aromatic rings. The summed E-state index contributed by atoms with van der Waals surface area (Å²) < 4.78 is 7.06. The summed E-state index contributed by atoms with van der Waals surface area (Å²) in [6, 6.07) is 13.9. The van der Waals surface area contributed by atoms with E-state index in [9.17, 15) is 5.11 Å². The van der Waals surface area contributed by atoms with Gasteiger partial charge in [-0.25, -0.2) is 0 Å². The van der Waals surface area contributed by atoms with Crippen LogP contribution in [0, 0.1) is 0 Å². The molecule has 2 heterocycles. The fraction of sp³-hybridized carbons (Fsp3) is 0.368. The Kier molecular flexibility index (Phi) is 4.62. The van der Waals surface area contributed by atoms with Crippen LogP contribution in [-0.2, 0) is 0 Å². The molecule has 4 rings (SSSR count). The van der Waals surface area contributed by atoms with Crippen LogP contribution >= 0.6 is 0 Å². The zero-order valence-electron chi connectivity index (χ0n) is 14.7. The van der Waals surface area contributed by atoms with Crippen LogP contribution in [0.2, 0.25) is 0 Å². The van der Waals surface area contributed by atoms with Crippen LogP contribution in [0.15, 0.2) is 42.5 Å². The van der Waals surface area contributed by atoms with Gasteiger partial charge in [-0.2, -0.15) is 9.50 Å². The number of fused-ring (bicyclic) bond motifs is 1. The van der Waals surface area contributed by atoms with Gasteiger partial charge in [0.25, 0.3) is 0 Å². The van der Waals surface area contributed by atoms with Crippen molar-refractivity contribution in [2.75, 3.05) is 17.7 Å². The highest BCUT2D eigenvalue weighted by Crippen LogP contribution is 2.24. The molecular formula is C19H23N5O2. The van der Waals surface area contributed by atoms with Crippen LogP contribution in [0.25, 0.3) is 5.65 Å². The highest BCUT2D eigenvalue weighted by molar-refractivity contribution is 5.59. The summed E-state index contributed by atoms with van der Waals surface area (Å²) in [5, 5.41) is 21.0. The Balaban J connectivity index is 1.55. The van der Waals surface area contributed by atoms with Gasteiger partial charge in [-0.05, 0) is 49.9 Å². The summed E-state index contributed by atoms with van der Waals surface area (Å²) in [4.78, 5) is 4.55. The first-order valence-corrected chi connectivity index (χ1v) is 8.93. The summed E-state index contributed by atoms with van der Waals surface area (Å²) in [7, 11) is 1.64. The molecule has 136 valence electrons. The van der Waals surface area contributed by atoms with Gasteiger partial charge in [-0.15, -0.1) is 5.10 Å². The molecule has 26 heavy (non-hydrogen) atoms. The van der Waals surface area contributed by atoms with E-state index in [1.807, 2.05) is 47.0 Å². The van der Waals surface area contributed by atoms with Crippen molar-refractivity contribution in [3.05, 3.63) is 42.5 Å². The number of ether oxygens (including phenoxy) is 1. The summed E-state index contributed by atoms with van der Waals surface area (Å²) in [5.74, 6) is 2.22. The number of nitrogens with zero attached hydrogens (tertiary/aromatic N) is 3. The van der Waals surface area contributed by atoms with Gasteiger partial charge in [-0.3, -0.25) is 0 Å². The number of anilines is 3. The van der Waals surface area contributed by atoms with Crippen molar-refractivity contribution in [1.29, 1.82) is 0 Å². The predicted octanol–water partition coefficient (Wildman–Crippen LogP) is 3.20. The molecule has 0 amide bonds. The third kappa shape index (κ3) is 3.57. The molecule has 0 aliphatic heterocycles. The van der Waals surface area contributed by atoms with Gasteiger partial charge in [0.1, 0.15) is 11.6 Å². The number of benzene rings is 1. The number of rotatable bonds is 5. The van der Waals surface area contributed by atoms with Crippen molar-refractivity contribution in [2.45, 2.75) is 37.8 Å². The average Bonchev–Trinajstić information content (AvgIpc) is 3.07. The van der Waals surface area contributed by atoms with E-state index in [0.717, 1.165) is 48.6 Å². The lowest BCUT2D eigenvalue weighted by Gasteiger charge is -2.26. The second-order valence-corrected chi connectivity index (χ2v) is 6.62. The maximum atomic E-state index is 9.67. The standard InChI is InChI=1S/C19H23N5O2/c1-26-16-5-2-4-14(12-16)21-19-22-18-7-3-6-17(24(18)23-19)20-13-8-10-15(25)11-9-13/h2-7,12-13,15,20,25H,8-11H2,1H3,(H,21,23). The molecule has 0 atom stereocenters. The monoisotopic (exact) mass is 353 g/mol. The third-order valence-electron chi connectivity index (χ3n) is 4.73. The quantitative estimate of drug-likeness (QED) is 0.653. The zero-order chi connectivity index (χ0) is 17.9. The van der Waals surface area contributed by atoms with E-state index in [1.54, 1.807) is 7.11 Å². The molecule has 0 spiro atoms. The van der Waals surface area contributed by atoms with E-state index in [-0.39, 0.29) is 6.10 Å². The fourth-order valence-electron chi connectivity index (χ4n) is 3.33. The van der Waals surface area contributed by atoms with E-state index in [2.05, 4.69) is 20.7 Å². The Bertz CT molecular complexity index is 887. The number of hydrogen-bond acceptors (Lipinski definition) is 6. The Morgan fingerprint density at radius 1 is 1.12 bits per heavy atom. The maximum Gasteiger partial charge on any atom is 0.247 e. The first kappa shape index (κ1) is 16.7. The van der Waals surface area contributed by atoms with Gasteiger partial charge in [-0.1, -0.05) is 12.1 Å². The Hall–Kier alpha value is -2.80. The van der Waals surface area contributed by atoms with Gasteiger partial charge in [0.2, 0.25) is 5.95 Å². The first-order valence-electron chi connectivity index (χ1n) is 8.93. The molecule has 0 unspecified atom stereocenters. The number of aromatic nitrogens is 3. The molecule has 3 N–H and O–H groups in total. The van der Waals surface area contributed by atoms with Gasteiger partial charge < -0.3 is 20.5 Å². The minimum absolute atomic E-state index is 0.158. The summed E-state index contributed by atoms with van der Waals surface area (Å²) in [6.45, 7) is 0. The number of aliphatic hydroxyl groups is 1. The molecule has 0 bridgehead atoms. The van der Waals surface area contributed by atoms with Crippen LogP contribution in [0.1, 0.15) is 25.7 Å². The summed E-state index contributed by atoms with van der Waals surface area (Å²) >= 11 is 0. The lowest BCUT2D eigenvalue weighted by atomic mass is 9.93. The van der Waals surface area contributed by atoms with E-state index in [1.165, 1.54) is 0 Å². The minimum atomic E-state index is -0.158. The van der Waals surface area contributed by atoms with Gasteiger partial charge in [0.05, 0.1) is 13.2 Å². The average molecular weight is 353 g/mol. The largest absolute Gasteiger partial charge is 0.497 e. The van der Waals surface area contributed by atoms with E-state index in [0.29, 0.717) is 12.0 Å². The number of hydrogen-bond donors (Lipinski definition) is 3. The van der Waals surface area contributed by atoms with Crippen LogP contribution in [0.4, 0.5) is 17.5 Å². The molecule has 1 aliphatic carbocycles. The Morgan fingerprint density at radius 3 is 2.73 bits per heavy atom. The summed E-state index contributed by atoms with van der Waals surface area (Å²) in [5.41, 5.74) is 1.65. The lowest BCUT2D eigenvalue weighted by Crippen LogP contribution is -2.29. The second kappa shape index (κ2) is 7.21. The van der Waals surface area contributed by atoms with Crippen LogP contribution in [0.5, 0.6) is 5.75 Å². The van der Waals surface area contributed by atoms with Crippen molar-refractivity contribution in [3.8, 4) is 5.75 Å². The topological polar surface area (TPSA) is 83.7 Å². The highest BCUT2D eigenvalue weighted by Gasteiger charge is 2.20. The van der Waals surface area contributed by atoms with Gasteiger partial charge in [0, 0.05) is 17.8 Å². The minimum Gasteiger partial charge on any atom is -0.497 e. The van der Waals surface area contributed by atoms with Crippen molar-refractivity contribution in [1.82, 2.24) is 14.6 Å². The maximum absolute atomic E-state index is 9.67. The van der Waals surface area contributed by atoms with Gasteiger partial charge in [0.15, 0.2) is 5.65 Å². The normalized spacial score (nSPS) is 20.1.